The number of hydrogen-bond acceptors (Lipinski definition) is 5. The Morgan fingerprint density at radius 1 is 1.11 bits per heavy atom. The summed E-state index contributed by atoms with van der Waals surface area (Å²) in [6.07, 6.45) is 3.85. The van der Waals surface area contributed by atoms with Crippen LogP contribution in [0.2, 0.25) is 0 Å². The first-order valence-electron chi connectivity index (χ1n) is 9.32. The second kappa shape index (κ2) is 8.66. The number of para-hydroxylation sites is 1. The number of carbonyl (C=O) groups excluding carboxylic acids is 2. The molecule has 6 heteroatoms. The van der Waals surface area contributed by atoms with E-state index in [9.17, 15) is 9.59 Å². The molecule has 1 saturated heterocycles. The van der Waals surface area contributed by atoms with E-state index in [1.54, 1.807) is 23.2 Å². The maximum Gasteiger partial charge on any atom is 0.342 e. The van der Waals surface area contributed by atoms with Gasteiger partial charge in [-0.2, -0.15) is 0 Å². The van der Waals surface area contributed by atoms with Gasteiger partial charge in [0.15, 0.2) is 6.61 Å². The average molecular weight is 367 g/mol. The van der Waals surface area contributed by atoms with Crippen LogP contribution in [-0.4, -0.2) is 42.6 Å². The second-order valence-corrected chi connectivity index (χ2v) is 6.84. The number of pyridine rings is 1. The second-order valence-electron chi connectivity index (χ2n) is 6.84. The number of amides is 1. The number of carbonyl (C=O) groups is 2. The van der Waals surface area contributed by atoms with E-state index >= 15 is 0 Å². The fourth-order valence-corrected chi connectivity index (χ4v) is 3.33. The average Bonchev–Trinajstić information content (AvgIpc) is 3.21. The van der Waals surface area contributed by atoms with Crippen molar-refractivity contribution in [2.45, 2.75) is 32.7 Å². The highest BCUT2D eigenvalue weighted by atomic mass is 16.5. The van der Waals surface area contributed by atoms with Gasteiger partial charge in [-0.25, -0.2) is 9.78 Å². The van der Waals surface area contributed by atoms with Gasteiger partial charge in [-0.05, 0) is 51.0 Å². The highest BCUT2D eigenvalue weighted by Gasteiger charge is 2.24. The van der Waals surface area contributed by atoms with E-state index in [4.69, 9.17) is 4.74 Å². The number of nitrogens with zero attached hydrogens (tertiary/aromatic N) is 3. The maximum absolute atomic E-state index is 12.7. The number of benzene rings is 1. The SMILES string of the molecule is CC(C)N(C(=O)COC(=O)c1cccnc1N1CCCC1)c1ccccc1. The number of aromatic nitrogens is 1. The molecule has 1 fully saturated rings. The van der Waals surface area contributed by atoms with Crippen molar-refractivity contribution in [3.63, 3.8) is 0 Å². The zero-order chi connectivity index (χ0) is 19.2. The molecule has 1 amide bonds. The first kappa shape index (κ1) is 18.9. The molecule has 1 aliphatic rings. The first-order chi connectivity index (χ1) is 13.1. The van der Waals surface area contributed by atoms with Crippen molar-refractivity contribution in [3.8, 4) is 0 Å². The van der Waals surface area contributed by atoms with Crippen LogP contribution in [0.3, 0.4) is 0 Å². The van der Waals surface area contributed by atoms with Crippen molar-refractivity contribution in [2.24, 2.45) is 0 Å². The van der Waals surface area contributed by atoms with Gasteiger partial charge in [-0.3, -0.25) is 4.79 Å². The summed E-state index contributed by atoms with van der Waals surface area (Å²) < 4.78 is 5.35. The van der Waals surface area contributed by atoms with Gasteiger partial charge < -0.3 is 14.5 Å². The van der Waals surface area contributed by atoms with Gasteiger partial charge in [-0.1, -0.05) is 18.2 Å². The van der Waals surface area contributed by atoms with Gasteiger partial charge in [0.2, 0.25) is 0 Å². The molecule has 1 aliphatic heterocycles. The van der Waals surface area contributed by atoms with E-state index in [0.29, 0.717) is 11.4 Å². The molecule has 2 heterocycles. The van der Waals surface area contributed by atoms with Gasteiger partial charge in [0.05, 0.1) is 0 Å². The molecule has 1 aromatic heterocycles. The van der Waals surface area contributed by atoms with E-state index in [1.807, 2.05) is 44.2 Å². The summed E-state index contributed by atoms with van der Waals surface area (Å²) in [5.74, 6) is -0.137. The van der Waals surface area contributed by atoms with E-state index in [0.717, 1.165) is 31.6 Å². The van der Waals surface area contributed by atoms with E-state index in [2.05, 4.69) is 9.88 Å². The summed E-state index contributed by atoms with van der Waals surface area (Å²) in [6, 6.07) is 12.8. The van der Waals surface area contributed by atoms with Crippen LogP contribution in [0.5, 0.6) is 0 Å². The predicted octanol–water partition coefficient (Wildman–Crippen LogP) is 3.28. The lowest BCUT2D eigenvalue weighted by atomic mass is 10.2. The number of rotatable bonds is 6. The van der Waals surface area contributed by atoms with E-state index < -0.39 is 5.97 Å². The summed E-state index contributed by atoms with van der Waals surface area (Å²) in [6.45, 7) is 5.32. The molecule has 142 valence electrons. The number of esters is 1. The Hall–Kier alpha value is -2.89. The van der Waals surface area contributed by atoms with Crippen molar-refractivity contribution in [3.05, 3.63) is 54.2 Å². The Balaban J connectivity index is 1.69. The molecule has 1 aromatic carbocycles. The minimum atomic E-state index is -0.518. The van der Waals surface area contributed by atoms with Crippen LogP contribution in [0.15, 0.2) is 48.7 Å². The molecule has 0 bridgehead atoms. The Morgan fingerprint density at radius 3 is 2.48 bits per heavy atom. The number of hydrogen-bond donors (Lipinski definition) is 0. The van der Waals surface area contributed by atoms with Crippen LogP contribution in [0, 0.1) is 0 Å². The summed E-state index contributed by atoms with van der Waals surface area (Å²) in [5.41, 5.74) is 1.19. The third-order valence-electron chi connectivity index (χ3n) is 4.56. The van der Waals surface area contributed by atoms with Crippen LogP contribution in [0.4, 0.5) is 11.5 Å². The van der Waals surface area contributed by atoms with Gasteiger partial charge in [0, 0.05) is 31.0 Å². The fourth-order valence-electron chi connectivity index (χ4n) is 3.33. The van der Waals surface area contributed by atoms with Crippen molar-refractivity contribution in [1.29, 1.82) is 0 Å². The van der Waals surface area contributed by atoms with Crippen molar-refractivity contribution in [2.75, 3.05) is 29.5 Å². The Labute approximate surface area is 159 Å². The predicted molar refractivity (Wildman–Crippen MR) is 105 cm³/mol. The molecule has 0 aliphatic carbocycles. The van der Waals surface area contributed by atoms with Gasteiger partial charge in [-0.15, -0.1) is 0 Å². The highest BCUT2D eigenvalue weighted by Crippen LogP contribution is 2.23. The zero-order valence-electron chi connectivity index (χ0n) is 15.8. The largest absolute Gasteiger partial charge is 0.452 e. The lowest BCUT2D eigenvalue weighted by Gasteiger charge is -2.26. The van der Waals surface area contributed by atoms with Crippen LogP contribution in [0.25, 0.3) is 0 Å². The highest BCUT2D eigenvalue weighted by molar-refractivity contribution is 5.99. The van der Waals surface area contributed by atoms with Crippen LogP contribution < -0.4 is 9.80 Å². The molecule has 0 unspecified atom stereocenters. The fraction of sp³-hybridized carbons (Fsp3) is 0.381. The third kappa shape index (κ3) is 4.45. The molecule has 2 aromatic rings. The summed E-state index contributed by atoms with van der Waals surface area (Å²) >= 11 is 0. The molecule has 0 spiro atoms. The Bertz CT molecular complexity index is 786. The van der Waals surface area contributed by atoms with Crippen molar-refractivity contribution < 1.29 is 14.3 Å². The summed E-state index contributed by atoms with van der Waals surface area (Å²) in [7, 11) is 0. The summed E-state index contributed by atoms with van der Waals surface area (Å²) in [5, 5.41) is 0. The minimum absolute atomic E-state index is 0.0443. The van der Waals surface area contributed by atoms with Crippen molar-refractivity contribution >= 4 is 23.4 Å². The standard InChI is InChI=1S/C21H25N3O3/c1-16(2)24(17-9-4-3-5-10-17)19(25)15-27-21(26)18-11-8-12-22-20(18)23-13-6-7-14-23/h3-5,8-12,16H,6-7,13-15H2,1-2H3. The normalized spacial score (nSPS) is 13.7. The number of ether oxygens (including phenoxy) is 1. The van der Waals surface area contributed by atoms with Gasteiger partial charge in [0.1, 0.15) is 11.4 Å². The number of anilines is 2. The Kier molecular flexibility index (Phi) is 6.06. The smallest absolute Gasteiger partial charge is 0.342 e. The van der Waals surface area contributed by atoms with E-state index in [-0.39, 0.29) is 18.6 Å². The van der Waals surface area contributed by atoms with Crippen molar-refractivity contribution in [1.82, 2.24) is 4.98 Å². The quantitative estimate of drug-likeness (QED) is 0.733. The molecule has 3 rings (SSSR count). The molecular weight excluding hydrogens is 342 g/mol. The monoisotopic (exact) mass is 367 g/mol. The zero-order valence-corrected chi connectivity index (χ0v) is 15.8. The summed E-state index contributed by atoms with van der Waals surface area (Å²) in [4.78, 5) is 33.4. The first-order valence-corrected chi connectivity index (χ1v) is 9.32. The lowest BCUT2D eigenvalue weighted by molar-refractivity contribution is -0.122. The van der Waals surface area contributed by atoms with E-state index in [1.165, 1.54) is 0 Å². The molecule has 0 radical (unpaired) electrons. The Morgan fingerprint density at radius 2 is 1.81 bits per heavy atom. The molecule has 0 saturated carbocycles. The molecule has 6 nitrogen and oxygen atoms in total. The van der Waals surface area contributed by atoms with Crippen LogP contribution in [0.1, 0.15) is 37.0 Å². The van der Waals surface area contributed by atoms with Gasteiger partial charge in [0.25, 0.3) is 5.91 Å². The molecular formula is C21H25N3O3. The minimum Gasteiger partial charge on any atom is -0.452 e. The molecule has 0 atom stereocenters. The van der Waals surface area contributed by atoms with Crippen LogP contribution >= 0.6 is 0 Å². The van der Waals surface area contributed by atoms with Crippen LogP contribution in [-0.2, 0) is 9.53 Å². The van der Waals surface area contributed by atoms with Gasteiger partial charge >= 0.3 is 5.97 Å². The molecule has 27 heavy (non-hydrogen) atoms. The topological polar surface area (TPSA) is 62.7 Å². The third-order valence-corrected chi connectivity index (χ3v) is 4.56. The molecule has 0 N–H and O–H groups in total. The maximum atomic E-state index is 12.7. The lowest BCUT2D eigenvalue weighted by Crippen LogP contribution is -2.40.